The van der Waals surface area contributed by atoms with Gasteiger partial charge in [-0.05, 0) is 62.3 Å². The zero-order valence-corrected chi connectivity index (χ0v) is 21.1. The van der Waals surface area contributed by atoms with E-state index in [4.69, 9.17) is 4.74 Å². The molecule has 0 spiro atoms. The zero-order valence-electron chi connectivity index (χ0n) is 21.1. The molecule has 3 aliphatic rings. The Bertz CT molecular complexity index is 1460. The van der Waals surface area contributed by atoms with E-state index in [1.165, 1.54) is 28.4 Å². The van der Waals surface area contributed by atoms with Crippen molar-refractivity contribution in [1.29, 1.82) is 0 Å². The van der Waals surface area contributed by atoms with Crippen LogP contribution in [0.3, 0.4) is 0 Å². The average molecular weight is 500 g/mol. The molecule has 4 atom stereocenters. The van der Waals surface area contributed by atoms with E-state index in [1.54, 1.807) is 37.4 Å². The number of fused-ring (bicyclic) bond motifs is 6. The van der Waals surface area contributed by atoms with Gasteiger partial charge in [0.15, 0.2) is 11.5 Å². The van der Waals surface area contributed by atoms with Crippen LogP contribution in [-0.2, 0) is 37.4 Å². The highest BCUT2D eigenvalue weighted by Crippen LogP contribution is 2.61. The molecule has 3 amide bonds. The summed E-state index contributed by atoms with van der Waals surface area (Å²) >= 11 is 0. The van der Waals surface area contributed by atoms with E-state index in [-0.39, 0.29) is 0 Å². The number of aromatic nitrogens is 1. The molecule has 0 N–H and O–H groups in total. The number of rotatable bonds is 7. The third kappa shape index (κ3) is 2.99. The molecule has 3 aromatic rings. The van der Waals surface area contributed by atoms with Crippen LogP contribution in [0.2, 0.25) is 0 Å². The fraction of sp³-hybridized carbons (Fsp3) is 0.379. The lowest BCUT2D eigenvalue weighted by atomic mass is 9.71. The molecule has 8 heteroatoms. The van der Waals surface area contributed by atoms with Gasteiger partial charge in [0.05, 0.1) is 5.69 Å². The summed E-state index contributed by atoms with van der Waals surface area (Å²) < 4.78 is 8.48. The standard InChI is InChI=1S/C29H29N3O5/c1-18(33)29-24-23(25(34)32(26(24)35)20-12-5-4-6-13-20)28(37-29,31(3)27(29)36)16-10-9-14-21-17-19-11-7-8-15-22(19)30(21)2/h4-8,11-13,15,17,23-24H,9-10,14,16H2,1-3H3/t23?,24?,28-,29+/m0/s1. The van der Waals surface area contributed by atoms with E-state index in [2.05, 4.69) is 22.8 Å². The zero-order chi connectivity index (χ0) is 26.1. The highest BCUT2D eigenvalue weighted by atomic mass is 16.6. The molecule has 37 heavy (non-hydrogen) atoms. The summed E-state index contributed by atoms with van der Waals surface area (Å²) in [6, 6.07) is 19.1. The number of piperidine rings is 1. The highest BCUT2D eigenvalue weighted by molar-refractivity contribution is 6.28. The molecular formula is C29H29N3O5. The fourth-order valence-electron chi connectivity index (χ4n) is 6.73. The van der Waals surface area contributed by atoms with Gasteiger partial charge >= 0.3 is 0 Å². The molecule has 190 valence electrons. The number of ether oxygens (including phenoxy) is 1. The Labute approximate surface area is 214 Å². The summed E-state index contributed by atoms with van der Waals surface area (Å²) in [5.41, 5.74) is -0.485. The molecule has 2 aromatic carbocycles. The number of aryl methyl sites for hydroxylation is 2. The lowest BCUT2D eigenvalue weighted by Gasteiger charge is -2.38. The van der Waals surface area contributed by atoms with E-state index < -0.39 is 46.7 Å². The van der Waals surface area contributed by atoms with Gasteiger partial charge < -0.3 is 14.2 Å². The maximum absolute atomic E-state index is 13.8. The van der Waals surface area contributed by atoms with Gasteiger partial charge in [-0.3, -0.25) is 19.2 Å². The Morgan fingerprint density at radius 3 is 2.30 bits per heavy atom. The molecule has 0 radical (unpaired) electrons. The summed E-state index contributed by atoms with van der Waals surface area (Å²) in [6.07, 6.45) is 2.63. The topological polar surface area (TPSA) is 88.9 Å². The van der Waals surface area contributed by atoms with Crippen molar-refractivity contribution < 1.29 is 23.9 Å². The number of anilines is 1. The van der Waals surface area contributed by atoms with Crippen molar-refractivity contribution in [2.75, 3.05) is 11.9 Å². The molecule has 8 nitrogen and oxygen atoms in total. The van der Waals surface area contributed by atoms with Crippen LogP contribution in [0.5, 0.6) is 0 Å². The van der Waals surface area contributed by atoms with Crippen molar-refractivity contribution in [2.45, 2.75) is 43.9 Å². The minimum Gasteiger partial charge on any atom is -0.348 e. The minimum absolute atomic E-state index is 0.358. The Balaban J connectivity index is 1.30. The largest absolute Gasteiger partial charge is 0.348 e. The lowest BCUT2D eigenvalue weighted by Crippen LogP contribution is -2.60. The van der Waals surface area contributed by atoms with Crippen molar-refractivity contribution in [2.24, 2.45) is 18.9 Å². The molecule has 0 aliphatic carbocycles. The number of hydrogen-bond acceptors (Lipinski definition) is 5. The first-order chi connectivity index (χ1) is 17.7. The van der Waals surface area contributed by atoms with Crippen LogP contribution in [-0.4, -0.2) is 51.3 Å². The number of ketones is 1. The average Bonchev–Trinajstić information content (AvgIpc) is 3.55. The number of nitrogens with zero attached hydrogens (tertiary/aromatic N) is 3. The summed E-state index contributed by atoms with van der Waals surface area (Å²) in [7, 11) is 3.63. The van der Waals surface area contributed by atoms with Gasteiger partial charge in [-0.15, -0.1) is 0 Å². The summed E-state index contributed by atoms with van der Waals surface area (Å²) in [6.45, 7) is 1.27. The van der Waals surface area contributed by atoms with Crippen LogP contribution in [0, 0.1) is 11.8 Å². The molecule has 4 heterocycles. The maximum atomic E-state index is 13.8. The highest BCUT2D eigenvalue weighted by Gasteiger charge is 2.83. The molecule has 2 unspecified atom stereocenters. The molecule has 1 aromatic heterocycles. The van der Waals surface area contributed by atoms with Crippen molar-refractivity contribution >= 4 is 40.1 Å². The van der Waals surface area contributed by atoms with Crippen molar-refractivity contribution in [3.05, 3.63) is 66.4 Å². The molecular weight excluding hydrogens is 470 g/mol. The number of likely N-dealkylation sites (tertiary alicyclic amines) is 1. The molecule has 6 rings (SSSR count). The Morgan fingerprint density at radius 2 is 1.59 bits per heavy atom. The second-order valence-corrected chi connectivity index (χ2v) is 10.4. The monoisotopic (exact) mass is 499 g/mol. The Hall–Kier alpha value is -3.78. The predicted octanol–water partition coefficient (Wildman–Crippen LogP) is 3.22. The number of unbranched alkanes of at least 4 members (excludes halogenated alkanes) is 1. The van der Waals surface area contributed by atoms with Crippen LogP contribution in [0.15, 0.2) is 60.7 Å². The van der Waals surface area contributed by atoms with Gasteiger partial charge in [0.1, 0.15) is 11.8 Å². The second kappa shape index (κ2) is 8.11. The molecule has 2 bridgehead atoms. The van der Waals surface area contributed by atoms with Crippen molar-refractivity contribution in [3.8, 4) is 0 Å². The van der Waals surface area contributed by atoms with Gasteiger partial charge in [-0.2, -0.15) is 0 Å². The SMILES string of the molecule is CC(=O)[C@@]12O[C@@](CCCCc3cc4ccccc4n3C)(C3C(=O)N(c4ccccc4)C(=O)C31)N(C)C2=O. The third-order valence-electron chi connectivity index (χ3n) is 8.56. The summed E-state index contributed by atoms with van der Waals surface area (Å²) in [5, 5.41) is 1.18. The minimum atomic E-state index is -1.95. The Kier molecular flexibility index (Phi) is 5.18. The quantitative estimate of drug-likeness (QED) is 0.283. The first-order valence-electron chi connectivity index (χ1n) is 12.7. The van der Waals surface area contributed by atoms with E-state index >= 15 is 0 Å². The maximum Gasteiger partial charge on any atom is 0.265 e. The van der Waals surface area contributed by atoms with Gasteiger partial charge in [0, 0.05) is 25.3 Å². The molecule has 3 aliphatic heterocycles. The smallest absolute Gasteiger partial charge is 0.265 e. The number of likely N-dealkylation sites (N-methyl/N-ethyl adjacent to an activating group) is 1. The van der Waals surface area contributed by atoms with E-state index in [1.807, 2.05) is 19.2 Å². The van der Waals surface area contributed by atoms with Gasteiger partial charge in [0.25, 0.3) is 5.91 Å². The van der Waals surface area contributed by atoms with E-state index in [0.29, 0.717) is 18.5 Å². The van der Waals surface area contributed by atoms with Crippen LogP contribution < -0.4 is 4.90 Å². The normalized spacial score (nSPS) is 28.6. The number of hydrogen-bond donors (Lipinski definition) is 0. The van der Waals surface area contributed by atoms with Gasteiger partial charge in [0.2, 0.25) is 17.4 Å². The molecule has 3 saturated heterocycles. The van der Waals surface area contributed by atoms with Crippen molar-refractivity contribution in [1.82, 2.24) is 9.47 Å². The van der Waals surface area contributed by atoms with Gasteiger partial charge in [-0.25, -0.2) is 4.90 Å². The number of Topliss-reactive ketones (excluding diaryl/α,β-unsaturated/α-hetero) is 1. The molecule has 0 saturated carbocycles. The van der Waals surface area contributed by atoms with Crippen LogP contribution >= 0.6 is 0 Å². The first kappa shape index (κ1) is 23.6. The van der Waals surface area contributed by atoms with Crippen LogP contribution in [0.1, 0.15) is 31.9 Å². The number of amides is 3. The van der Waals surface area contributed by atoms with Gasteiger partial charge in [-0.1, -0.05) is 36.4 Å². The number of imide groups is 1. The van der Waals surface area contributed by atoms with E-state index in [9.17, 15) is 19.2 Å². The van der Waals surface area contributed by atoms with E-state index in [0.717, 1.165) is 17.7 Å². The number of benzene rings is 2. The number of carbonyl (C=O) groups excluding carboxylic acids is 4. The predicted molar refractivity (Wildman–Crippen MR) is 136 cm³/mol. The lowest BCUT2D eigenvalue weighted by molar-refractivity contribution is -0.155. The first-order valence-corrected chi connectivity index (χ1v) is 12.7. The van der Waals surface area contributed by atoms with Crippen LogP contribution in [0.4, 0.5) is 5.69 Å². The van der Waals surface area contributed by atoms with Crippen LogP contribution in [0.25, 0.3) is 10.9 Å². The fourth-order valence-corrected chi connectivity index (χ4v) is 6.73. The summed E-state index contributed by atoms with van der Waals surface area (Å²) in [5.74, 6) is -4.12. The third-order valence-corrected chi connectivity index (χ3v) is 8.56. The number of para-hydroxylation sites is 2. The number of carbonyl (C=O) groups is 4. The second-order valence-electron chi connectivity index (χ2n) is 10.4. The summed E-state index contributed by atoms with van der Waals surface area (Å²) in [4.78, 5) is 56.4. The van der Waals surface area contributed by atoms with Crippen molar-refractivity contribution in [3.63, 3.8) is 0 Å². The molecule has 3 fully saturated rings. The Morgan fingerprint density at radius 1 is 0.919 bits per heavy atom.